The second kappa shape index (κ2) is 2.74. The molecule has 1 unspecified atom stereocenters. The first-order valence-electron chi connectivity index (χ1n) is 2.16. The van der Waals surface area contributed by atoms with Crippen molar-refractivity contribution < 1.29 is 8.76 Å². The van der Waals surface area contributed by atoms with Gasteiger partial charge in [-0.1, -0.05) is 0 Å². The minimum atomic E-state index is -1.86. The monoisotopic (exact) mass is 148 g/mol. The van der Waals surface area contributed by atoms with E-state index < -0.39 is 17.2 Å². The Morgan fingerprint density at radius 3 is 2.44 bits per heavy atom. The van der Waals surface area contributed by atoms with Crippen LogP contribution < -0.4 is 0 Å². The smallest absolute Gasteiger partial charge is 0.199 e. The van der Waals surface area contributed by atoms with Crippen LogP contribution in [0.25, 0.3) is 0 Å². The van der Waals surface area contributed by atoms with Gasteiger partial charge in [0.2, 0.25) is 0 Å². The van der Waals surface area contributed by atoms with E-state index in [1.807, 2.05) is 0 Å². The summed E-state index contributed by atoms with van der Waals surface area (Å²) < 4.78 is 18.3. The molecular formula is C2H4N4O2S. The Morgan fingerprint density at radius 2 is 2.00 bits per heavy atom. The average Bonchev–Trinajstić information content (AvgIpc) is 2.15. The van der Waals surface area contributed by atoms with E-state index in [4.69, 9.17) is 4.55 Å². The first kappa shape index (κ1) is 6.43. The van der Waals surface area contributed by atoms with Crippen LogP contribution in [0.3, 0.4) is 0 Å². The summed E-state index contributed by atoms with van der Waals surface area (Å²) in [6, 6.07) is 0. The molecule has 9 heavy (non-hydrogen) atoms. The van der Waals surface area contributed by atoms with Crippen molar-refractivity contribution in [2.24, 2.45) is 20.7 Å². The fraction of sp³-hybridized carbons (Fsp3) is 1.00. The Hall–Kier alpha value is -0.690. The molecule has 1 N–H and O–H groups in total. The molecule has 1 aliphatic heterocycles. The van der Waals surface area contributed by atoms with Gasteiger partial charge in [0.05, 0.1) is 5.75 Å². The molecule has 0 aromatic carbocycles. The molecule has 0 radical (unpaired) electrons. The zero-order chi connectivity index (χ0) is 6.69. The Morgan fingerprint density at radius 1 is 1.44 bits per heavy atom. The molecule has 50 valence electrons. The van der Waals surface area contributed by atoms with E-state index in [0.29, 0.717) is 0 Å². The highest BCUT2D eigenvalue weighted by Crippen LogP contribution is 2.04. The highest BCUT2D eigenvalue weighted by molar-refractivity contribution is 7.79. The van der Waals surface area contributed by atoms with Gasteiger partial charge in [-0.3, -0.25) is 0 Å². The summed E-state index contributed by atoms with van der Waals surface area (Å²) in [7, 11) is 0. The first-order chi connectivity index (χ1) is 4.29. The Labute approximate surface area is 53.3 Å². The topological polar surface area (TPSA) is 86.7 Å². The molecule has 0 saturated heterocycles. The molecular weight excluding hydrogens is 144 g/mol. The zero-order valence-corrected chi connectivity index (χ0v) is 5.15. The van der Waals surface area contributed by atoms with E-state index in [-0.39, 0.29) is 5.75 Å². The van der Waals surface area contributed by atoms with E-state index in [2.05, 4.69) is 20.7 Å². The quantitative estimate of drug-likeness (QED) is 0.573. The predicted octanol–water partition coefficient (Wildman–Crippen LogP) is 0.367. The van der Waals surface area contributed by atoms with Crippen molar-refractivity contribution in [1.82, 2.24) is 0 Å². The molecule has 0 saturated carbocycles. The van der Waals surface area contributed by atoms with Gasteiger partial charge in [0.1, 0.15) is 0 Å². The third kappa shape index (κ3) is 1.94. The largest absolute Gasteiger partial charge is 0.306 e. The number of nitrogens with zero attached hydrogens (tertiary/aromatic N) is 4. The molecule has 0 spiro atoms. The lowest BCUT2D eigenvalue weighted by Crippen LogP contribution is -2.08. The second-order valence-electron chi connectivity index (χ2n) is 1.38. The molecule has 0 fully saturated rings. The van der Waals surface area contributed by atoms with Gasteiger partial charge in [-0.15, -0.1) is 10.2 Å². The van der Waals surface area contributed by atoms with E-state index in [0.717, 1.165) is 0 Å². The molecule has 0 aromatic heterocycles. The van der Waals surface area contributed by atoms with Crippen molar-refractivity contribution in [3.05, 3.63) is 0 Å². The van der Waals surface area contributed by atoms with E-state index in [9.17, 15) is 4.21 Å². The van der Waals surface area contributed by atoms with E-state index in [1.165, 1.54) is 0 Å². The van der Waals surface area contributed by atoms with Gasteiger partial charge in [-0.05, 0) is 10.4 Å². The molecule has 6 nitrogen and oxygen atoms in total. The predicted molar refractivity (Wildman–Crippen MR) is 29.1 cm³/mol. The summed E-state index contributed by atoms with van der Waals surface area (Å²) in [6.45, 7) is 0. The fourth-order valence-electron chi connectivity index (χ4n) is 0.383. The third-order valence-corrected chi connectivity index (χ3v) is 1.28. The van der Waals surface area contributed by atoms with E-state index >= 15 is 0 Å². The van der Waals surface area contributed by atoms with Gasteiger partial charge >= 0.3 is 0 Å². The minimum Gasteiger partial charge on any atom is -0.306 e. The molecule has 1 atom stereocenters. The Kier molecular flexibility index (Phi) is 1.96. The molecule has 0 aliphatic carbocycles. The molecule has 1 heterocycles. The van der Waals surface area contributed by atoms with Gasteiger partial charge in [0.25, 0.3) is 0 Å². The first-order valence-corrected chi connectivity index (χ1v) is 3.44. The van der Waals surface area contributed by atoms with E-state index in [1.54, 1.807) is 0 Å². The third-order valence-electron chi connectivity index (χ3n) is 0.702. The Balaban J connectivity index is 2.37. The summed E-state index contributed by atoms with van der Waals surface area (Å²) in [5.74, 6) is -0.0208. The molecule has 0 amide bonds. The summed E-state index contributed by atoms with van der Waals surface area (Å²) in [6.07, 6.45) is -0.546. The van der Waals surface area contributed by atoms with Crippen LogP contribution in [-0.4, -0.2) is 20.7 Å². The minimum absolute atomic E-state index is 0.0208. The number of hydrogen-bond acceptors (Lipinski definition) is 5. The maximum absolute atomic E-state index is 10.1. The van der Waals surface area contributed by atoms with Crippen molar-refractivity contribution in [3.8, 4) is 0 Å². The lowest BCUT2D eigenvalue weighted by atomic mass is 10.6. The van der Waals surface area contributed by atoms with Crippen LogP contribution >= 0.6 is 0 Å². The maximum Gasteiger partial charge on any atom is 0.199 e. The van der Waals surface area contributed by atoms with Crippen LogP contribution in [0.5, 0.6) is 0 Å². The van der Waals surface area contributed by atoms with Gasteiger partial charge in [-0.2, -0.15) is 0 Å². The molecule has 7 heteroatoms. The summed E-state index contributed by atoms with van der Waals surface area (Å²) in [4.78, 5) is 0. The zero-order valence-electron chi connectivity index (χ0n) is 4.34. The number of rotatable bonds is 2. The fourth-order valence-corrected chi connectivity index (χ4v) is 0.771. The van der Waals surface area contributed by atoms with Crippen molar-refractivity contribution in [2.45, 2.75) is 6.17 Å². The Bertz CT molecular complexity index is 165. The maximum atomic E-state index is 10.1. The van der Waals surface area contributed by atoms with Crippen LogP contribution in [0, 0.1) is 0 Å². The van der Waals surface area contributed by atoms with Crippen molar-refractivity contribution in [1.29, 1.82) is 0 Å². The normalized spacial score (nSPS) is 21.0. The second-order valence-corrected chi connectivity index (χ2v) is 2.35. The van der Waals surface area contributed by atoms with Gasteiger partial charge in [0.15, 0.2) is 17.2 Å². The average molecular weight is 148 g/mol. The van der Waals surface area contributed by atoms with Crippen LogP contribution in [0.2, 0.25) is 0 Å². The van der Waals surface area contributed by atoms with Crippen LogP contribution in [0.4, 0.5) is 0 Å². The SMILES string of the molecule is O=S(O)CC1N=NN=N1. The van der Waals surface area contributed by atoms with Crippen molar-refractivity contribution >= 4 is 11.1 Å². The summed E-state index contributed by atoms with van der Waals surface area (Å²) in [5.41, 5.74) is 0. The van der Waals surface area contributed by atoms with Crippen LogP contribution in [0.1, 0.15) is 0 Å². The molecule has 0 aromatic rings. The van der Waals surface area contributed by atoms with Gasteiger partial charge < -0.3 is 4.55 Å². The lowest BCUT2D eigenvalue weighted by Gasteiger charge is -1.92. The van der Waals surface area contributed by atoms with Gasteiger partial charge in [-0.25, -0.2) is 4.21 Å². The standard InChI is InChI=1S/C2H4N4O2S/c7-9(8)1-2-3-5-6-4-2/h2H,1H2,(H,7,8). The molecule has 1 aliphatic rings. The molecule has 1 rings (SSSR count). The van der Waals surface area contributed by atoms with Crippen LogP contribution in [-0.2, 0) is 11.1 Å². The van der Waals surface area contributed by atoms with Crippen LogP contribution in [0.15, 0.2) is 20.7 Å². The molecule has 0 bridgehead atoms. The highest BCUT2D eigenvalue weighted by atomic mass is 32.2. The summed E-state index contributed by atoms with van der Waals surface area (Å²) >= 11 is -1.86. The number of hydrogen-bond donors (Lipinski definition) is 1. The van der Waals surface area contributed by atoms with Gasteiger partial charge in [0, 0.05) is 0 Å². The summed E-state index contributed by atoms with van der Waals surface area (Å²) in [5, 5.41) is 13.1. The van der Waals surface area contributed by atoms with Crippen molar-refractivity contribution in [3.63, 3.8) is 0 Å². The lowest BCUT2D eigenvalue weighted by molar-refractivity contribution is 0.557. The highest BCUT2D eigenvalue weighted by Gasteiger charge is 2.11. The van der Waals surface area contributed by atoms with Crippen molar-refractivity contribution in [2.75, 3.05) is 5.75 Å².